The van der Waals surface area contributed by atoms with Crippen molar-refractivity contribution in [3.05, 3.63) is 53.9 Å². The second-order valence-corrected chi connectivity index (χ2v) is 11.0. The number of amides is 2. The second kappa shape index (κ2) is 15.7. The van der Waals surface area contributed by atoms with Crippen LogP contribution in [0.4, 0.5) is 5.69 Å². The van der Waals surface area contributed by atoms with Crippen molar-refractivity contribution in [1.82, 2.24) is 14.8 Å². The molecule has 3 rings (SSSR count). The van der Waals surface area contributed by atoms with Crippen molar-refractivity contribution in [2.75, 3.05) is 45.2 Å². The van der Waals surface area contributed by atoms with Crippen molar-refractivity contribution >= 4 is 17.5 Å². The molecule has 1 aromatic heterocycles. The number of carbonyl (C=O) groups excluding carboxylic acids is 2. The Morgan fingerprint density at radius 2 is 1.98 bits per heavy atom. The zero-order valence-corrected chi connectivity index (χ0v) is 24.6. The highest BCUT2D eigenvalue weighted by atomic mass is 16.5. The number of pyridine rings is 1. The number of rotatable bonds is 8. The maximum absolute atomic E-state index is 14.2. The SMILES string of the molecule is CCCN(C)C[C@H]1OCCCC[C@@H](C)Oc2ccc(NC(=O)c3ccncc3)cc2C(=O)N([C@H](C)CO)C[C@@H]1C. The lowest BCUT2D eigenvalue weighted by atomic mass is 10.0. The lowest BCUT2D eigenvalue weighted by Gasteiger charge is -2.35. The number of carbonyl (C=O) groups is 2. The molecule has 2 aromatic rings. The molecule has 2 N–H and O–H groups in total. The summed E-state index contributed by atoms with van der Waals surface area (Å²) in [6.07, 6.45) is 6.71. The van der Waals surface area contributed by atoms with Gasteiger partial charge in [0.25, 0.3) is 11.8 Å². The van der Waals surface area contributed by atoms with Crippen LogP contribution in [0.15, 0.2) is 42.7 Å². The second-order valence-electron chi connectivity index (χ2n) is 11.0. The number of nitrogens with zero attached hydrogens (tertiary/aromatic N) is 3. The molecule has 0 aliphatic carbocycles. The average Bonchev–Trinajstić information content (AvgIpc) is 2.95. The van der Waals surface area contributed by atoms with Gasteiger partial charge in [-0.2, -0.15) is 0 Å². The molecule has 1 aliphatic heterocycles. The Morgan fingerprint density at radius 3 is 2.67 bits per heavy atom. The van der Waals surface area contributed by atoms with E-state index < -0.39 is 6.04 Å². The molecule has 4 atom stereocenters. The first-order valence-corrected chi connectivity index (χ1v) is 14.5. The smallest absolute Gasteiger partial charge is 0.258 e. The van der Waals surface area contributed by atoms with Gasteiger partial charge in [0.05, 0.1) is 30.4 Å². The Bertz CT molecular complexity index is 1080. The highest BCUT2D eigenvalue weighted by Crippen LogP contribution is 2.28. The summed E-state index contributed by atoms with van der Waals surface area (Å²) in [6.45, 7) is 10.7. The predicted octanol–water partition coefficient (Wildman–Crippen LogP) is 4.47. The maximum Gasteiger partial charge on any atom is 0.258 e. The number of hydrogen-bond acceptors (Lipinski definition) is 7. The van der Waals surface area contributed by atoms with Crippen LogP contribution in [-0.4, -0.2) is 89.9 Å². The van der Waals surface area contributed by atoms with Crippen LogP contribution in [0.3, 0.4) is 0 Å². The Balaban J connectivity index is 1.96. The molecule has 0 saturated carbocycles. The van der Waals surface area contributed by atoms with Gasteiger partial charge in [0.1, 0.15) is 5.75 Å². The van der Waals surface area contributed by atoms with E-state index >= 15 is 0 Å². The first kappa shape index (κ1) is 31.5. The standard InChI is InChI=1S/C31H46N4O5/c1-6-16-34(5)20-29-22(2)19-35(23(3)21-36)31(38)27-18-26(33-30(37)25-12-14-32-15-13-25)10-11-28(27)40-24(4)9-7-8-17-39-29/h10-15,18,22-24,29,36H,6-9,16-17,19-21H2,1-5H3,(H,33,37)/t22-,23+,24+,29+/m0/s1. The van der Waals surface area contributed by atoms with Gasteiger partial charge in [0.2, 0.25) is 0 Å². The van der Waals surface area contributed by atoms with Gasteiger partial charge in [-0.15, -0.1) is 0 Å². The van der Waals surface area contributed by atoms with E-state index in [0.29, 0.717) is 35.7 Å². The molecule has 1 aromatic carbocycles. The lowest BCUT2D eigenvalue weighted by molar-refractivity contribution is -0.0167. The van der Waals surface area contributed by atoms with E-state index in [1.165, 1.54) is 0 Å². The van der Waals surface area contributed by atoms with Crippen molar-refractivity contribution in [2.24, 2.45) is 5.92 Å². The van der Waals surface area contributed by atoms with Gasteiger partial charge in [0, 0.05) is 49.3 Å². The van der Waals surface area contributed by atoms with E-state index in [1.54, 1.807) is 47.6 Å². The van der Waals surface area contributed by atoms with Crippen LogP contribution in [0.2, 0.25) is 0 Å². The molecule has 0 fully saturated rings. The summed E-state index contributed by atoms with van der Waals surface area (Å²) in [6, 6.07) is 8.00. The molecule has 9 nitrogen and oxygen atoms in total. The van der Waals surface area contributed by atoms with Gasteiger partial charge >= 0.3 is 0 Å². The average molecular weight is 555 g/mol. The van der Waals surface area contributed by atoms with Crippen molar-refractivity contribution in [3.63, 3.8) is 0 Å². The molecule has 0 saturated heterocycles. The molecule has 1 aliphatic rings. The minimum atomic E-state index is -0.419. The number of aromatic nitrogens is 1. The van der Waals surface area contributed by atoms with E-state index in [4.69, 9.17) is 9.47 Å². The molecule has 0 spiro atoms. The van der Waals surface area contributed by atoms with Crippen LogP contribution in [0.1, 0.15) is 74.1 Å². The van der Waals surface area contributed by atoms with Gasteiger partial charge in [-0.1, -0.05) is 13.8 Å². The largest absolute Gasteiger partial charge is 0.490 e. The number of benzene rings is 1. The Hall–Kier alpha value is -3.01. The highest BCUT2D eigenvalue weighted by molar-refractivity contribution is 6.05. The summed E-state index contributed by atoms with van der Waals surface area (Å²) in [5.41, 5.74) is 1.30. The number of fused-ring (bicyclic) bond motifs is 1. The van der Waals surface area contributed by atoms with Gasteiger partial charge in [-0.3, -0.25) is 14.6 Å². The molecular formula is C31H46N4O5. The molecule has 2 amide bonds. The van der Waals surface area contributed by atoms with Crippen LogP contribution in [0, 0.1) is 5.92 Å². The minimum Gasteiger partial charge on any atom is -0.490 e. The Morgan fingerprint density at radius 1 is 1.23 bits per heavy atom. The molecule has 220 valence electrons. The third-order valence-corrected chi connectivity index (χ3v) is 7.35. The monoisotopic (exact) mass is 554 g/mol. The number of aliphatic hydroxyl groups is 1. The van der Waals surface area contributed by atoms with E-state index in [-0.39, 0.29) is 36.5 Å². The van der Waals surface area contributed by atoms with Gasteiger partial charge in [-0.05, 0) is 83.5 Å². The number of ether oxygens (including phenoxy) is 2. The molecule has 0 bridgehead atoms. The summed E-state index contributed by atoms with van der Waals surface area (Å²) in [5.74, 6) is -0.0588. The fourth-order valence-electron chi connectivity index (χ4n) is 4.95. The molecule has 40 heavy (non-hydrogen) atoms. The fraction of sp³-hybridized carbons (Fsp3) is 0.581. The summed E-state index contributed by atoms with van der Waals surface area (Å²) in [7, 11) is 2.10. The third-order valence-electron chi connectivity index (χ3n) is 7.35. The number of likely N-dealkylation sites (N-methyl/N-ethyl adjacent to an activating group) is 1. The topological polar surface area (TPSA) is 104 Å². The normalized spacial score (nSPS) is 21.7. The summed E-state index contributed by atoms with van der Waals surface area (Å²) in [5, 5.41) is 13.0. The fourth-order valence-corrected chi connectivity index (χ4v) is 4.95. The van der Waals surface area contributed by atoms with Crippen molar-refractivity contribution in [1.29, 1.82) is 0 Å². The van der Waals surface area contributed by atoms with E-state index in [0.717, 1.165) is 38.8 Å². The quantitative estimate of drug-likeness (QED) is 0.496. The van der Waals surface area contributed by atoms with Crippen molar-refractivity contribution < 1.29 is 24.2 Å². The summed E-state index contributed by atoms with van der Waals surface area (Å²) < 4.78 is 12.7. The van der Waals surface area contributed by atoms with Crippen LogP contribution in [0.5, 0.6) is 5.75 Å². The molecular weight excluding hydrogens is 508 g/mol. The number of anilines is 1. The number of nitrogens with one attached hydrogen (secondary N) is 1. The predicted molar refractivity (Wildman–Crippen MR) is 157 cm³/mol. The zero-order valence-electron chi connectivity index (χ0n) is 24.6. The third kappa shape index (κ3) is 9.01. The van der Waals surface area contributed by atoms with Crippen LogP contribution in [-0.2, 0) is 4.74 Å². The Labute approximate surface area is 238 Å². The summed E-state index contributed by atoms with van der Waals surface area (Å²) >= 11 is 0. The van der Waals surface area contributed by atoms with Gasteiger partial charge in [0.15, 0.2) is 0 Å². The number of hydrogen-bond donors (Lipinski definition) is 2. The van der Waals surface area contributed by atoms with E-state index in [2.05, 4.69) is 36.1 Å². The van der Waals surface area contributed by atoms with E-state index in [1.807, 2.05) is 13.8 Å². The van der Waals surface area contributed by atoms with Crippen molar-refractivity contribution in [3.8, 4) is 5.75 Å². The maximum atomic E-state index is 14.2. The zero-order chi connectivity index (χ0) is 29.1. The minimum absolute atomic E-state index is 0.0260. The Kier molecular flexibility index (Phi) is 12.4. The molecule has 0 radical (unpaired) electrons. The van der Waals surface area contributed by atoms with Gasteiger partial charge in [-0.25, -0.2) is 0 Å². The first-order chi connectivity index (χ1) is 19.2. The van der Waals surface area contributed by atoms with Crippen molar-refractivity contribution in [2.45, 2.75) is 71.6 Å². The summed E-state index contributed by atoms with van der Waals surface area (Å²) in [4.78, 5) is 34.9. The van der Waals surface area contributed by atoms with E-state index in [9.17, 15) is 14.7 Å². The lowest BCUT2D eigenvalue weighted by Crippen LogP contribution is -2.47. The molecule has 9 heteroatoms. The molecule has 2 heterocycles. The number of aliphatic hydroxyl groups excluding tert-OH is 1. The highest BCUT2D eigenvalue weighted by Gasteiger charge is 2.30. The van der Waals surface area contributed by atoms with Gasteiger partial charge < -0.3 is 29.7 Å². The van der Waals surface area contributed by atoms with Crippen LogP contribution < -0.4 is 10.1 Å². The van der Waals surface area contributed by atoms with Crippen LogP contribution >= 0.6 is 0 Å². The van der Waals surface area contributed by atoms with Crippen LogP contribution in [0.25, 0.3) is 0 Å². The first-order valence-electron chi connectivity index (χ1n) is 14.5. The molecule has 0 unspecified atom stereocenters.